The van der Waals surface area contributed by atoms with Gasteiger partial charge in [-0.2, -0.15) is 0 Å². The molecule has 1 unspecified atom stereocenters. The molecular weight excluding hydrogens is 392 g/mol. The molecule has 8 heteroatoms. The molecule has 172 valence electrons. The minimum Gasteiger partial charge on any atom is -0.394 e. The fraction of sp³-hybridized carbons (Fsp3) is 0.783. The molecule has 4 rings (SSSR count). The van der Waals surface area contributed by atoms with Gasteiger partial charge in [0.25, 0.3) is 0 Å². The Kier molecular flexibility index (Phi) is 7.61. The monoisotopic (exact) mass is 430 g/mol. The first kappa shape index (κ1) is 22.3. The molecule has 1 aliphatic carbocycles. The highest BCUT2D eigenvalue weighted by Gasteiger charge is 2.26. The van der Waals surface area contributed by atoms with E-state index in [-0.39, 0.29) is 18.6 Å². The summed E-state index contributed by atoms with van der Waals surface area (Å²) in [5, 5.41) is 13.0. The maximum atomic E-state index is 12.5. The van der Waals surface area contributed by atoms with Gasteiger partial charge >= 0.3 is 0 Å². The van der Waals surface area contributed by atoms with Gasteiger partial charge in [-0.25, -0.2) is 9.97 Å². The number of aromatic nitrogens is 2. The van der Waals surface area contributed by atoms with Crippen LogP contribution in [0.15, 0.2) is 12.4 Å². The summed E-state index contributed by atoms with van der Waals surface area (Å²) < 4.78 is 0. The topological polar surface area (TPSA) is 84.8 Å². The molecule has 0 spiro atoms. The van der Waals surface area contributed by atoms with E-state index in [1.807, 2.05) is 0 Å². The van der Waals surface area contributed by atoms with E-state index >= 15 is 0 Å². The van der Waals surface area contributed by atoms with Crippen LogP contribution in [0.2, 0.25) is 0 Å². The standard InChI is InChI=1S/C23H38N6O2/c1-18-5-7-19(8-6-18)26-23(31)15-27-10-12-28(13-11-27)21-14-22(25-17-24-21)29-9-3-2-4-20(29)16-30/h14,17-20,30H,2-13,15-16H2,1H3,(H,26,31). The minimum absolute atomic E-state index is 0.152. The summed E-state index contributed by atoms with van der Waals surface area (Å²) in [6.07, 6.45) is 9.62. The number of nitrogens with one attached hydrogen (secondary N) is 1. The summed E-state index contributed by atoms with van der Waals surface area (Å²) in [7, 11) is 0. The van der Waals surface area contributed by atoms with Gasteiger partial charge in [-0.1, -0.05) is 6.92 Å². The van der Waals surface area contributed by atoms with Crippen molar-refractivity contribution in [2.24, 2.45) is 5.92 Å². The third kappa shape index (κ3) is 5.86. The second-order valence-electron chi connectivity index (χ2n) is 9.55. The summed E-state index contributed by atoms with van der Waals surface area (Å²) in [6.45, 7) is 7.32. The zero-order chi connectivity index (χ0) is 21.6. The number of carbonyl (C=O) groups excluding carboxylic acids is 1. The van der Waals surface area contributed by atoms with Crippen LogP contribution < -0.4 is 15.1 Å². The van der Waals surface area contributed by atoms with E-state index in [9.17, 15) is 9.90 Å². The first-order valence-corrected chi connectivity index (χ1v) is 12.1. The zero-order valence-electron chi connectivity index (χ0n) is 18.9. The molecule has 2 N–H and O–H groups in total. The minimum atomic E-state index is 0.152. The normalized spacial score (nSPS) is 27.9. The lowest BCUT2D eigenvalue weighted by molar-refractivity contribution is -0.123. The SMILES string of the molecule is CC1CCC(NC(=O)CN2CCN(c3cc(N4CCCCC4CO)ncn3)CC2)CC1. The van der Waals surface area contributed by atoms with Crippen LogP contribution in [0, 0.1) is 5.92 Å². The number of anilines is 2. The van der Waals surface area contributed by atoms with E-state index in [0.717, 1.165) is 82.4 Å². The predicted octanol–water partition coefficient (Wildman–Crippen LogP) is 1.64. The quantitative estimate of drug-likeness (QED) is 0.710. The number of hydrogen-bond acceptors (Lipinski definition) is 7. The Morgan fingerprint density at radius 2 is 1.77 bits per heavy atom. The molecule has 2 aliphatic heterocycles. The number of piperidine rings is 1. The number of aliphatic hydroxyl groups is 1. The molecule has 1 aromatic heterocycles. The van der Waals surface area contributed by atoms with Gasteiger partial charge in [-0.3, -0.25) is 9.69 Å². The summed E-state index contributed by atoms with van der Waals surface area (Å²) in [5.74, 6) is 2.81. The van der Waals surface area contributed by atoms with Gasteiger partial charge in [0.15, 0.2) is 0 Å². The summed E-state index contributed by atoms with van der Waals surface area (Å²) in [5.41, 5.74) is 0. The third-order valence-corrected chi connectivity index (χ3v) is 7.21. The summed E-state index contributed by atoms with van der Waals surface area (Å²) in [6, 6.07) is 2.57. The van der Waals surface area contributed by atoms with Crippen molar-refractivity contribution in [1.29, 1.82) is 0 Å². The van der Waals surface area contributed by atoms with Gasteiger partial charge < -0.3 is 20.2 Å². The number of rotatable bonds is 6. The molecule has 1 saturated carbocycles. The van der Waals surface area contributed by atoms with Gasteiger partial charge in [0.1, 0.15) is 18.0 Å². The average molecular weight is 431 g/mol. The van der Waals surface area contributed by atoms with Crippen molar-refractivity contribution in [2.45, 2.75) is 64.0 Å². The van der Waals surface area contributed by atoms with Crippen molar-refractivity contribution in [1.82, 2.24) is 20.2 Å². The van der Waals surface area contributed by atoms with Crippen LogP contribution in [0.4, 0.5) is 11.6 Å². The van der Waals surface area contributed by atoms with Crippen LogP contribution in [0.5, 0.6) is 0 Å². The van der Waals surface area contributed by atoms with Crippen LogP contribution >= 0.6 is 0 Å². The molecule has 31 heavy (non-hydrogen) atoms. The highest BCUT2D eigenvalue weighted by atomic mass is 16.3. The molecule has 1 aromatic rings. The molecule has 2 saturated heterocycles. The van der Waals surface area contributed by atoms with E-state index < -0.39 is 0 Å². The highest BCUT2D eigenvalue weighted by molar-refractivity contribution is 5.78. The molecular formula is C23H38N6O2. The molecule has 3 aliphatic rings. The molecule has 1 amide bonds. The van der Waals surface area contributed by atoms with E-state index in [4.69, 9.17) is 0 Å². The fourth-order valence-electron chi connectivity index (χ4n) is 5.18. The van der Waals surface area contributed by atoms with Gasteiger partial charge in [-0.05, 0) is 50.9 Å². The first-order chi connectivity index (χ1) is 15.1. The number of amides is 1. The van der Waals surface area contributed by atoms with E-state index in [0.29, 0.717) is 12.6 Å². The van der Waals surface area contributed by atoms with Crippen LogP contribution in [-0.4, -0.2) is 83.8 Å². The molecule has 0 aromatic carbocycles. The molecule has 0 bridgehead atoms. The van der Waals surface area contributed by atoms with Crippen molar-refractivity contribution < 1.29 is 9.90 Å². The zero-order valence-corrected chi connectivity index (χ0v) is 18.9. The first-order valence-electron chi connectivity index (χ1n) is 12.1. The largest absolute Gasteiger partial charge is 0.394 e. The summed E-state index contributed by atoms with van der Waals surface area (Å²) in [4.78, 5) is 28.2. The highest BCUT2D eigenvalue weighted by Crippen LogP contribution is 2.26. The van der Waals surface area contributed by atoms with Crippen molar-refractivity contribution in [3.8, 4) is 0 Å². The lowest BCUT2D eigenvalue weighted by Crippen LogP contribution is -2.51. The van der Waals surface area contributed by atoms with Gasteiger partial charge in [0, 0.05) is 44.8 Å². The Balaban J connectivity index is 1.26. The average Bonchev–Trinajstić information content (AvgIpc) is 2.81. The maximum Gasteiger partial charge on any atom is 0.234 e. The maximum absolute atomic E-state index is 12.5. The molecule has 3 fully saturated rings. The Hall–Kier alpha value is -1.93. The Morgan fingerprint density at radius 3 is 2.52 bits per heavy atom. The number of piperazine rings is 1. The Bertz CT molecular complexity index is 716. The lowest BCUT2D eigenvalue weighted by atomic mass is 9.87. The van der Waals surface area contributed by atoms with Crippen LogP contribution in [-0.2, 0) is 4.79 Å². The van der Waals surface area contributed by atoms with Crippen molar-refractivity contribution >= 4 is 17.5 Å². The predicted molar refractivity (Wildman–Crippen MR) is 122 cm³/mol. The number of hydrogen-bond donors (Lipinski definition) is 2. The van der Waals surface area contributed by atoms with Crippen LogP contribution in [0.1, 0.15) is 51.9 Å². The van der Waals surface area contributed by atoms with E-state index in [1.54, 1.807) is 6.33 Å². The lowest BCUT2D eigenvalue weighted by Gasteiger charge is -2.37. The number of aliphatic hydroxyl groups excluding tert-OH is 1. The van der Waals surface area contributed by atoms with Gasteiger partial charge in [-0.15, -0.1) is 0 Å². The van der Waals surface area contributed by atoms with Crippen molar-refractivity contribution in [3.63, 3.8) is 0 Å². The molecule has 8 nitrogen and oxygen atoms in total. The second-order valence-corrected chi connectivity index (χ2v) is 9.55. The van der Waals surface area contributed by atoms with Crippen molar-refractivity contribution in [2.75, 3.05) is 55.7 Å². The number of carbonyl (C=O) groups is 1. The van der Waals surface area contributed by atoms with Gasteiger partial charge in [0.05, 0.1) is 19.2 Å². The Labute approximate surface area is 186 Å². The second kappa shape index (κ2) is 10.6. The van der Waals surface area contributed by atoms with Crippen LogP contribution in [0.3, 0.4) is 0 Å². The molecule has 3 heterocycles. The number of nitrogens with zero attached hydrogens (tertiary/aromatic N) is 5. The third-order valence-electron chi connectivity index (χ3n) is 7.21. The van der Waals surface area contributed by atoms with E-state index in [2.05, 4.69) is 43.0 Å². The fourth-order valence-corrected chi connectivity index (χ4v) is 5.18. The molecule has 0 radical (unpaired) electrons. The smallest absolute Gasteiger partial charge is 0.234 e. The molecule has 1 atom stereocenters. The van der Waals surface area contributed by atoms with E-state index in [1.165, 1.54) is 12.8 Å². The Morgan fingerprint density at radius 1 is 1.03 bits per heavy atom. The van der Waals surface area contributed by atoms with Gasteiger partial charge in [0.2, 0.25) is 5.91 Å². The van der Waals surface area contributed by atoms with Crippen LogP contribution in [0.25, 0.3) is 0 Å². The summed E-state index contributed by atoms with van der Waals surface area (Å²) >= 11 is 0. The van der Waals surface area contributed by atoms with Crippen molar-refractivity contribution in [3.05, 3.63) is 12.4 Å².